The number of aliphatic carboxylic acids is 1. The third kappa shape index (κ3) is 3.73. The third-order valence-corrected chi connectivity index (χ3v) is 3.17. The molecule has 0 heterocycles. The van der Waals surface area contributed by atoms with Crippen molar-refractivity contribution < 1.29 is 19.4 Å². The highest BCUT2D eigenvalue weighted by Crippen LogP contribution is 2.23. The number of benzene rings is 1. The number of carboxylic acid groups (broad SMARTS) is 1. The molecule has 1 unspecified atom stereocenters. The number of rotatable bonds is 5. The molecule has 1 aromatic carbocycles. The number of likely N-dealkylation sites (N-methyl/N-ethyl adjacent to an activating group) is 1. The lowest BCUT2D eigenvalue weighted by molar-refractivity contribution is -0.148. The van der Waals surface area contributed by atoms with Crippen LogP contribution in [0.1, 0.15) is 6.92 Å². The van der Waals surface area contributed by atoms with E-state index in [0.29, 0.717) is 5.75 Å². The van der Waals surface area contributed by atoms with Crippen molar-refractivity contribution >= 4 is 27.8 Å². The fourth-order valence-corrected chi connectivity index (χ4v) is 1.58. The van der Waals surface area contributed by atoms with E-state index in [1.165, 1.54) is 14.0 Å². The molecule has 18 heavy (non-hydrogen) atoms. The molecule has 5 nitrogen and oxygen atoms in total. The van der Waals surface area contributed by atoms with Crippen LogP contribution in [0.15, 0.2) is 28.7 Å². The number of halogens is 1. The number of para-hydroxylation sites is 1. The minimum Gasteiger partial charge on any atom is -0.483 e. The lowest BCUT2D eigenvalue weighted by Gasteiger charge is -2.21. The molecule has 0 fully saturated rings. The Hall–Kier alpha value is -1.56. The Morgan fingerprint density at radius 3 is 2.61 bits per heavy atom. The number of hydrogen-bond acceptors (Lipinski definition) is 3. The monoisotopic (exact) mass is 315 g/mol. The van der Waals surface area contributed by atoms with E-state index in [-0.39, 0.29) is 12.5 Å². The van der Waals surface area contributed by atoms with Crippen molar-refractivity contribution in [3.05, 3.63) is 28.7 Å². The maximum Gasteiger partial charge on any atom is 0.326 e. The largest absolute Gasteiger partial charge is 0.483 e. The number of nitrogens with zero attached hydrogens (tertiary/aromatic N) is 1. The highest BCUT2D eigenvalue weighted by Gasteiger charge is 2.21. The van der Waals surface area contributed by atoms with E-state index in [2.05, 4.69) is 15.9 Å². The third-order valence-electron chi connectivity index (χ3n) is 2.52. The number of carbonyl (C=O) groups is 2. The zero-order valence-electron chi connectivity index (χ0n) is 10.1. The molecular weight excluding hydrogens is 302 g/mol. The SMILES string of the molecule is CC(C(=O)O)N(C)C(=O)COc1ccccc1Br. The minimum absolute atomic E-state index is 0.198. The van der Waals surface area contributed by atoms with Crippen molar-refractivity contribution in [3.8, 4) is 5.75 Å². The van der Waals surface area contributed by atoms with Gasteiger partial charge in [-0.1, -0.05) is 12.1 Å². The average molecular weight is 316 g/mol. The molecular formula is C12H14BrNO4. The predicted molar refractivity (Wildman–Crippen MR) is 69.5 cm³/mol. The van der Waals surface area contributed by atoms with Gasteiger partial charge in [-0.15, -0.1) is 0 Å². The summed E-state index contributed by atoms with van der Waals surface area (Å²) in [6.45, 7) is 1.25. The van der Waals surface area contributed by atoms with Gasteiger partial charge in [0.25, 0.3) is 5.91 Å². The molecule has 0 spiro atoms. The maximum atomic E-state index is 11.7. The summed E-state index contributed by atoms with van der Waals surface area (Å²) in [5, 5.41) is 8.79. The molecule has 0 aromatic heterocycles. The van der Waals surface area contributed by atoms with Crippen LogP contribution in [0.3, 0.4) is 0 Å². The molecule has 1 amide bonds. The van der Waals surface area contributed by atoms with Gasteiger partial charge < -0.3 is 14.7 Å². The van der Waals surface area contributed by atoms with Crippen LogP contribution in [0, 0.1) is 0 Å². The topological polar surface area (TPSA) is 66.8 Å². The molecule has 6 heteroatoms. The quantitative estimate of drug-likeness (QED) is 0.899. The smallest absolute Gasteiger partial charge is 0.326 e. The minimum atomic E-state index is -1.05. The Balaban J connectivity index is 2.56. The first-order chi connectivity index (χ1) is 8.43. The van der Waals surface area contributed by atoms with Gasteiger partial charge in [0.1, 0.15) is 11.8 Å². The molecule has 0 aliphatic rings. The van der Waals surface area contributed by atoms with Crippen molar-refractivity contribution in [2.45, 2.75) is 13.0 Å². The van der Waals surface area contributed by atoms with Crippen molar-refractivity contribution in [2.75, 3.05) is 13.7 Å². The van der Waals surface area contributed by atoms with Crippen LogP contribution in [0.25, 0.3) is 0 Å². The van der Waals surface area contributed by atoms with E-state index < -0.39 is 12.0 Å². The van der Waals surface area contributed by atoms with E-state index in [9.17, 15) is 9.59 Å². The second-order valence-electron chi connectivity index (χ2n) is 3.74. The zero-order chi connectivity index (χ0) is 13.7. The Morgan fingerprint density at radius 1 is 1.44 bits per heavy atom. The number of carbonyl (C=O) groups excluding carboxylic acids is 1. The Bertz CT molecular complexity index is 449. The van der Waals surface area contributed by atoms with E-state index in [4.69, 9.17) is 9.84 Å². The first kappa shape index (κ1) is 14.5. The zero-order valence-corrected chi connectivity index (χ0v) is 11.7. The first-order valence-electron chi connectivity index (χ1n) is 5.29. The second-order valence-corrected chi connectivity index (χ2v) is 4.59. The van der Waals surface area contributed by atoms with Crippen molar-refractivity contribution in [2.24, 2.45) is 0 Å². The summed E-state index contributed by atoms with van der Waals surface area (Å²) < 4.78 is 6.06. The fourth-order valence-electron chi connectivity index (χ4n) is 1.18. The van der Waals surface area contributed by atoms with Crippen molar-refractivity contribution in [1.82, 2.24) is 4.90 Å². The number of hydrogen-bond donors (Lipinski definition) is 1. The van der Waals surface area contributed by atoms with E-state index in [0.717, 1.165) is 9.37 Å². The standard InChI is InChI=1S/C12H14BrNO4/c1-8(12(16)17)14(2)11(15)7-18-10-6-4-3-5-9(10)13/h3-6,8H,7H2,1-2H3,(H,16,17). The van der Waals surface area contributed by atoms with E-state index >= 15 is 0 Å². The van der Waals surface area contributed by atoms with Gasteiger partial charge in [-0.2, -0.15) is 0 Å². The van der Waals surface area contributed by atoms with E-state index in [1.807, 2.05) is 6.07 Å². The van der Waals surface area contributed by atoms with Crippen LogP contribution in [-0.2, 0) is 9.59 Å². The second kappa shape index (κ2) is 6.39. The summed E-state index contributed by atoms with van der Waals surface area (Å²) in [5.41, 5.74) is 0. The van der Waals surface area contributed by atoms with Crippen molar-refractivity contribution in [3.63, 3.8) is 0 Å². The summed E-state index contributed by atoms with van der Waals surface area (Å²) in [6.07, 6.45) is 0. The fraction of sp³-hybridized carbons (Fsp3) is 0.333. The first-order valence-corrected chi connectivity index (χ1v) is 6.08. The molecule has 98 valence electrons. The van der Waals surface area contributed by atoms with Crippen LogP contribution in [-0.4, -0.2) is 41.6 Å². The predicted octanol–water partition coefficient (Wildman–Crippen LogP) is 1.76. The normalized spacial score (nSPS) is 11.7. The average Bonchev–Trinajstić information content (AvgIpc) is 2.35. The summed E-state index contributed by atoms with van der Waals surface area (Å²) in [6, 6.07) is 6.26. The van der Waals surface area contributed by atoms with Gasteiger partial charge in [0.15, 0.2) is 6.61 Å². The Kier molecular flexibility index (Phi) is 5.15. The Morgan fingerprint density at radius 2 is 2.06 bits per heavy atom. The number of ether oxygens (including phenoxy) is 1. The molecule has 1 atom stereocenters. The van der Waals surface area contributed by atoms with Gasteiger partial charge in [0.2, 0.25) is 0 Å². The molecule has 0 bridgehead atoms. The number of amides is 1. The van der Waals surface area contributed by atoms with Gasteiger partial charge in [-0.05, 0) is 35.0 Å². The summed E-state index contributed by atoms with van der Waals surface area (Å²) in [4.78, 5) is 23.6. The van der Waals surface area contributed by atoms with Gasteiger partial charge in [-0.25, -0.2) is 4.79 Å². The van der Waals surface area contributed by atoms with Gasteiger partial charge in [0.05, 0.1) is 4.47 Å². The summed E-state index contributed by atoms with van der Waals surface area (Å²) in [5.74, 6) is -0.894. The molecule has 0 saturated carbocycles. The lowest BCUT2D eigenvalue weighted by atomic mass is 10.3. The van der Waals surface area contributed by atoms with Gasteiger partial charge in [-0.3, -0.25) is 4.79 Å². The van der Waals surface area contributed by atoms with Gasteiger partial charge in [0, 0.05) is 7.05 Å². The van der Waals surface area contributed by atoms with Crippen molar-refractivity contribution in [1.29, 1.82) is 0 Å². The molecule has 0 saturated heterocycles. The molecule has 0 aliphatic heterocycles. The van der Waals surface area contributed by atoms with Crippen LogP contribution >= 0.6 is 15.9 Å². The highest BCUT2D eigenvalue weighted by atomic mass is 79.9. The lowest BCUT2D eigenvalue weighted by Crippen LogP contribution is -2.42. The molecule has 1 rings (SSSR count). The molecule has 1 aromatic rings. The van der Waals surface area contributed by atoms with Crippen LogP contribution in [0.4, 0.5) is 0 Å². The van der Waals surface area contributed by atoms with E-state index in [1.54, 1.807) is 18.2 Å². The van der Waals surface area contributed by atoms with Crippen LogP contribution in [0.5, 0.6) is 5.75 Å². The summed E-state index contributed by atoms with van der Waals surface area (Å²) >= 11 is 3.29. The molecule has 0 radical (unpaired) electrons. The van der Waals surface area contributed by atoms with Gasteiger partial charge >= 0.3 is 5.97 Å². The van der Waals surface area contributed by atoms with Crippen LogP contribution < -0.4 is 4.74 Å². The Labute approximate surface area is 113 Å². The summed E-state index contributed by atoms with van der Waals surface area (Å²) in [7, 11) is 1.44. The van der Waals surface area contributed by atoms with Crippen LogP contribution in [0.2, 0.25) is 0 Å². The highest BCUT2D eigenvalue weighted by molar-refractivity contribution is 9.10. The maximum absolute atomic E-state index is 11.7. The molecule has 0 aliphatic carbocycles. The number of carboxylic acids is 1. The molecule has 1 N–H and O–H groups in total.